The normalized spacial score (nSPS) is 13.3. The number of methoxy groups -OCH3 is 1. The van der Waals surface area contributed by atoms with Crippen LogP contribution in [0.3, 0.4) is 0 Å². The van der Waals surface area contributed by atoms with E-state index in [9.17, 15) is 9.59 Å². The first-order chi connectivity index (χ1) is 14.1. The van der Waals surface area contributed by atoms with Crippen LogP contribution in [0.25, 0.3) is 11.2 Å². The zero-order valence-electron chi connectivity index (χ0n) is 17.0. The number of carbonyl (C=O) groups excluding carboxylic acids is 1. The van der Waals surface area contributed by atoms with Crippen LogP contribution in [-0.2, 0) is 22.6 Å². The number of carbonyl (C=O) groups is 1. The molecule has 0 saturated carbocycles. The van der Waals surface area contributed by atoms with E-state index in [2.05, 4.69) is 38.6 Å². The summed E-state index contributed by atoms with van der Waals surface area (Å²) < 4.78 is 8.03. The average Bonchev–Trinajstić information content (AvgIpc) is 3.11. The van der Waals surface area contributed by atoms with Crippen LogP contribution in [0.15, 0.2) is 22.6 Å². The Morgan fingerprint density at radius 1 is 1.33 bits per heavy atom. The van der Waals surface area contributed by atoms with Gasteiger partial charge in [0, 0.05) is 32.7 Å². The highest BCUT2D eigenvalue weighted by Gasteiger charge is 2.23. The maximum absolute atomic E-state index is 13.3. The number of nitrogens with one attached hydrogen (secondary N) is 1. The molecule has 1 saturated heterocycles. The molecule has 11 heteroatoms. The lowest BCUT2D eigenvalue weighted by molar-refractivity contribution is -0.137. The van der Waals surface area contributed by atoms with Gasteiger partial charge < -0.3 is 15.0 Å². The summed E-state index contributed by atoms with van der Waals surface area (Å²) in [6.45, 7) is 9.38. The van der Waals surface area contributed by atoms with Crippen molar-refractivity contribution in [3.8, 4) is 11.8 Å². The summed E-state index contributed by atoms with van der Waals surface area (Å²) in [6.07, 6.45) is 1.63. The van der Waals surface area contributed by atoms with Gasteiger partial charge in [-0.1, -0.05) is 23.8 Å². The van der Waals surface area contributed by atoms with Crippen LogP contribution in [-0.4, -0.2) is 64.1 Å². The lowest BCUT2D eigenvalue weighted by Gasteiger charge is -2.28. The molecule has 0 radical (unpaired) electrons. The molecular formula is C19H25ClN6O3S. The molecule has 162 valence electrons. The molecule has 0 amide bonds. The van der Waals surface area contributed by atoms with Gasteiger partial charge in [-0.05, 0) is 6.92 Å². The molecule has 1 N–H and O–H groups in total. The number of nitrogens with zero attached hydrogens (tertiary/aromatic N) is 5. The highest BCUT2D eigenvalue weighted by molar-refractivity contribution is 7.99. The molecule has 0 bridgehead atoms. The maximum Gasteiger partial charge on any atom is 0.316 e. The van der Waals surface area contributed by atoms with Gasteiger partial charge in [0.15, 0.2) is 16.3 Å². The van der Waals surface area contributed by atoms with E-state index in [1.54, 1.807) is 13.0 Å². The van der Waals surface area contributed by atoms with Crippen LogP contribution < -0.4 is 15.8 Å². The summed E-state index contributed by atoms with van der Waals surface area (Å²) in [5.41, 5.74) is 0.536. The maximum atomic E-state index is 13.3. The first-order valence-electron chi connectivity index (χ1n) is 9.27. The molecule has 0 atom stereocenters. The van der Waals surface area contributed by atoms with Crippen molar-refractivity contribution < 1.29 is 9.53 Å². The van der Waals surface area contributed by atoms with E-state index in [0.29, 0.717) is 28.8 Å². The Morgan fingerprint density at radius 2 is 2.07 bits per heavy atom. The van der Waals surface area contributed by atoms with Crippen molar-refractivity contribution in [3.63, 3.8) is 0 Å². The van der Waals surface area contributed by atoms with E-state index in [4.69, 9.17) is 4.74 Å². The van der Waals surface area contributed by atoms with Crippen LogP contribution >= 0.6 is 24.2 Å². The summed E-state index contributed by atoms with van der Waals surface area (Å²) >= 11 is 1.15. The fraction of sp³-hybridized carbons (Fsp3) is 0.474. The highest BCUT2D eigenvalue weighted by Crippen LogP contribution is 2.23. The van der Waals surface area contributed by atoms with Crippen LogP contribution in [0, 0.1) is 11.8 Å². The first kappa shape index (κ1) is 23.8. The van der Waals surface area contributed by atoms with Gasteiger partial charge in [-0.25, -0.2) is 4.98 Å². The number of ether oxygens (including phenoxy) is 1. The summed E-state index contributed by atoms with van der Waals surface area (Å²) in [6, 6.07) is 0. The highest BCUT2D eigenvalue weighted by atomic mass is 35.5. The first-order valence-corrected chi connectivity index (χ1v) is 10.3. The molecule has 0 aliphatic carbocycles. The number of hydrogen-bond donors (Lipinski definition) is 1. The zero-order chi connectivity index (χ0) is 20.8. The van der Waals surface area contributed by atoms with Crippen molar-refractivity contribution in [2.75, 3.05) is 43.9 Å². The summed E-state index contributed by atoms with van der Waals surface area (Å²) in [5, 5.41) is 3.72. The van der Waals surface area contributed by atoms with Crippen molar-refractivity contribution in [1.82, 2.24) is 24.4 Å². The summed E-state index contributed by atoms with van der Waals surface area (Å²) in [5.74, 6) is 6.27. The molecule has 30 heavy (non-hydrogen) atoms. The van der Waals surface area contributed by atoms with Crippen molar-refractivity contribution in [3.05, 3.63) is 23.0 Å². The quantitative estimate of drug-likeness (QED) is 0.218. The molecule has 0 aromatic carbocycles. The Bertz CT molecular complexity index is 1030. The molecule has 1 aliphatic rings. The Morgan fingerprint density at radius 3 is 2.70 bits per heavy atom. The average molecular weight is 453 g/mol. The van der Waals surface area contributed by atoms with Crippen LogP contribution in [0.1, 0.15) is 6.92 Å². The SMILES string of the molecule is C=CCn1c(SCC(=O)OC)nc2nc(N3CCNCC3)n(CC#CC)c2c1=O.Cl. The predicted molar refractivity (Wildman–Crippen MR) is 121 cm³/mol. The van der Waals surface area contributed by atoms with Gasteiger partial charge in [-0.2, -0.15) is 4.98 Å². The number of hydrogen-bond acceptors (Lipinski definition) is 8. The van der Waals surface area contributed by atoms with Crippen LogP contribution in [0.2, 0.25) is 0 Å². The number of halogens is 1. The second-order valence-corrected chi connectivity index (χ2v) is 7.24. The molecule has 1 aliphatic heterocycles. The van der Waals surface area contributed by atoms with Gasteiger partial charge in [-0.15, -0.1) is 24.9 Å². The Kier molecular flexibility index (Phi) is 8.77. The number of allylic oxidation sites excluding steroid dienone is 1. The van der Waals surface area contributed by atoms with Gasteiger partial charge in [0.25, 0.3) is 5.56 Å². The number of thioether (sulfide) groups is 1. The van der Waals surface area contributed by atoms with Gasteiger partial charge in [0.05, 0.1) is 19.4 Å². The lowest BCUT2D eigenvalue weighted by atomic mass is 10.4. The predicted octanol–water partition coefficient (Wildman–Crippen LogP) is 0.899. The zero-order valence-corrected chi connectivity index (χ0v) is 18.6. The van der Waals surface area contributed by atoms with Gasteiger partial charge in [-0.3, -0.25) is 18.7 Å². The summed E-state index contributed by atoms with van der Waals surface area (Å²) in [7, 11) is 1.33. The molecule has 0 unspecified atom stereocenters. The molecule has 1 fully saturated rings. The van der Waals surface area contributed by atoms with Crippen LogP contribution in [0.4, 0.5) is 5.95 Å². The number of aromatic nitrogens is 4. The Balaban J connectivity index is 0.00000320. The number of anilines is 1. The van der Waals surface area contributed by atoms with E-state index in [1.807, 2.05) is 4.57 Å². The minimum Gasteiger partial charge on any atom is -0.468 e. The second-order valence-electron chi connectivity index (χ2n) is 6.30. The van der Waals surface area contributed by atoms with E-state index >= 15 is 0 Å². The molecule has 0 spiro atoms. The number of rotatable bonds is 7. The lowest BCUT2D eigenvalue weighted by Crippen LogP contribution is -2.44. The number of esters is 1. The van der Waals surface area contributed by atoms with Gasteiger partial charge in [0.2, 0.25) is 5.95 Å². The second kappa shape index (κ2) is 11.1. The third-order valence-corrected chi connectivity index (χ3v) is 5.43. The fourth-order valence-corrected chi connectivity index (χ4v) is 3.91. The minimum atomic E-state index is -0.389. The molecule has 3 heterocycles. The minimum absolute atomic E-state index is 0. The smallest absolute Gasteiger partial charge is 0.316 e. The monoisotopic (exact) mass is 452 g/mol. The van der Waals surface area contributed by atoms with E-state index in [0.717, 1.165) is 37.9 Å². The van der Waals surface area contributed by atoms with E-state index < -0.39 is 0 Å². The molecule has 9 nitrogen and oxygen atoms in total. The largest absolute Gasteiger partial charge is 0.468 e. The molecule has 2 aromatic heterocycles. The van der Waals surface area contributed by atoms with Crippen molar-refractivity contribution in [1.29, 1.82) is 0 Å². The Hall–Kier alpha value is -2.48. The summed E-state index contributed by atoms with van der Waals surface area (Å²) in [4.78, 5) is 36.3. The molecule has 3 rings (SSSR count). The van der Waals surface area contributed by atoms with Gasteiger partial charge >= 0.3 is 5.97 Å². The Labute approximate surface area is 185 Å². The van der Waals surface area contributed by atoms with Crippen molar-refractivity contribution in [2.45, 2.75) is 25.2 Å². The molecular weight excluding hydrogens is 428 g/mol. The number of fused-ring (bicyclic) bond motifs is 1. The van der Waals surface area contributed by atoms with Crippen LogP contribution in [0.5, 0.6) is 0 Å². The number of imidazole rings is 1. The third kappa shape index (κ3) is 4.98. The van der Waals surface area contributed by atoms with Gasteiger partial charge in [0.1, 0.15) is 0 Å². The van der Waals surface area contributed by atoms with Crippen molar-refractivity contribution >= 4 is 47.3 Å². The van der Waals surface area contributed by atoms with E-state index in [-0.39, 0.29) is 36.2 Å². The number of piperazine rings is 1. The topological polar surface area (TPSA) is 94.3 Å². The van der Waals surface area contributed by atoms with Crippen molar-refractivity contribution in [2.24, 2.45) is 0 Å². The fourth-order valence-electron chi connectivity index (χ4n) is 3.08. The van der Waals surface area contributed by atoms with E-state index in [1.165, 1.54) is 11.7 Å². The third-order valence-electron chi connectivity index (χ3n) is 4.48. The standard InChI is InChI=1S/C19H24N6O3S.ClH/c1-4-6-10-24-15-16(21-18(24)23-11-7-20-8-12-23)22-19(29-13-14(26)28-3)25(9-5-2)17(15)27;/h5,20H,2,7-13H2,1,3H3;1H. The molecule has 2 aromatic rings.